The van der Waals surface area contributed by atoms with Crippen molar-refractivity contribution >= 4 is 11.8 Å². The fraction of sp³-hybridized carbons (Fsp3) is 0.667. The monoisotopic (exact) mass is 197 g/mol. The highest BCUT2D eigenvalue weighted by Crippen LogP contribution is 1.95. The first-order chi connectivity index (χ1) is 6.57. The van der Waals surface area contributed by atoms with E-state index in [-0.39, 0.29) is 6.54 Å². The van der Waals surface area contributed by atoms with Gasteiger partial charge in [0.25, 0.3) is 0 Å². The Morgan fingerprint density at radius 3 is 2.36 bits per heavy atom. The number of hydrogen-bond donors (Lipinski definition) is 2. The van der Waals surface area contributed by atoms with Crippen molar-refractivity contribution in [1.82, 2.24) is 10.6 Å². The molecule has 0 aromatic heterocycles. The van der Waals surface area contributed by atoms with Crippen LogP contribution in [0.5, 0.6) is 0 Å². The zero-order valence-electron chi connectivity index (χ0n) is 8.46. The number of carbonyl (C=O) groups excluding carboxylic acids is 2. The molecular weight excluding hydrogens is 182 g/mol. The standard InChI is InChI=1S/C9H15N3O2/c1-7(2)3-5-11-8(13)9(14)12-6-4-10/h7H,3,5-6H2,1-2H3,(H,11,13)(H,12,14). The van der Waals surface area contributed by atoms with Crippen LogP contribution >= 0.6 is 0 Å². The largest absolute Gasteiger partial charge is 0.348 e. The average Bonchev–Trinajstić information content (AvgIpc) is 2.13. The van der Waals surface area contributed by atoms with Crippen LogP contribution in [-0.2, 0) is 9.59 Å². The molecule has 0 spiro atoms. The number of nitriles is 1. The van der Waals surface area contributed by atoms with Gasteiger partial charge in [0.15, 0.2) is 0 Å². The molecule has 2 amide bonds. The molecule has 0 radical (unpaired) electrons. The van der Waals surface area contributed by atoms with Crippen LogP contribution in [0.3, 0.4) is 0 Å². The predicted octanol–water partition coefficient (Wildman–Crippen LogP) is -0.212. The van der Waals surface area contributed by atoms with E-state index < -0.39 is 11.8 Å². The molecule has 0 aliphatic carbocycles. The molecule has 0 saturated heterocycles. The Kier molecular flexibility index (Phi) is 6.12. The SMILES string of the molecule is CC(C)CCNC(=O)C(=O)NCC#N. The minimum Gasteiger partial charge on any atom is -0.348 e. The number of hydrogen-bond acceptors (Lipinski definition) is 3. The van der Waals surface area contributed by atoms with Crippen molar-refractivity contribution in [2.24, 2.45) is 5.92 Å². The van der Waals surface area contributed by atoms with Gasteiger partial charge in [-0.25, -0.2) is 0 Å². The first-order valence-electron chi connectivity index (χ1n) is 4.51. The summed E-state index contributed by atoms with van der Waals surface area (Å²) in [6.45, 7) is 4.40. The maximum absolute atomic E-state index is 11.0. The molecule has 0 fully saturated rings. The van der Waals surface area contributed by atoms with E-state index in [1.54, 1.807) is 6.07 Å². The molecule has 0 bridgehead atoms. The van der Waals surface area contributed by atoms with Gasteiger partial charge in [-0.15, -0.1) is 0 Å². The van der Waals surface area contributed by atoms with Crippen LogP contribution < -0.4 is 10.6 Å². The van der Waals surface area contributed by atoms with Gasteiger partial charge in [0.2, 0.25) is 0 Å². The van der Waals surface area contributed by atoms with Crippen molar-refractivity contribution in [3.63, 3.8) is 0 Å². The van der Waals surface area contributed by atoms with Gasteiger partial charge in [0, 0.05) is 6.54 Å². The molecule has 0 saturated carbocycles. The summed E-state index contributed by atoms with van der Waals surface area (Å²) >= 11 is 0. The van der Waals surface area contributed by atoms with Crippen molar-refractivity contribution in [2.45, 2.75) is 20.3 Å². The summed E-state index contributed by atoms with van der Waals surface area (Å²) in [4.78, 5) is 21.9. The van der Waals surface area contributed by atoms with E-state index in [2.05, 4.69) is 10.6 Å². The predicted molar refractivity (Wildman–Crippen MR) is 51.1 cm³/mol. The second-order valence-corrected chi connectivity index (χ2v) is 3.28. The lowest BCUT2D eigenvalue weighted by molar-refractivity contribution is -0.139. The summed E-state index contributed by atoms with van der Waals surface area (Å²) in [5, 5.41) is 12.8. The molecule has 0 aromatic carbocycles. The molecule has 14 heavy (non-hydrogen) atoms. The molecular formula is C9H15N3O2. The molecule has 0 heterocycles. The molecule has 5 heteroatoms. The Morgan fingerprint density at radius 2 is 1.86 bits per heavy atom. The molecule has 78 valence electrons. The van der Waals surface area contributed by atoms with Gasteiger partial charge in [-0.3, -0.25) is 9.59 Å². The lowest BCUT2D eigenvalue weighted by Crippen LogP contribution is -2.40. The molecule has 0 aliphatic heterocycles. The fourth-order valence-corrected chi connectivity index (χ4v) is 0.755. The Labute approximate surface area is 83.5 Å². The highest BCUT2D eigenvalue weighted by molar-refractivity contribution is 6.35. The van der Waals surface area contributed by atoms with Gasteiger partial charge in [-0.05, 0) is 12.3 Å². The van der Waals surface area contributed by atoms with Crippen molar-refractivity contribution in [1.29, 1.82) is 5.26 Å². The highest BCUT2D eigenvalue weighted by Gasteiger charge is 2.11. The average molecular weight is 197 g/mol. The molecule has 0 rings (SSSR count). The third kappa shape index (κ3) is 6.00. The van der Waals surface area contributed by atoms with E-state index in [9.17, 15) is 9.59 Å². The van der Waals surface area contributed by atoms with Crippen LogP contribution in [0.1, 0.15) is 20.3 Å². The van der Waals surface area contributed by atoms with E-state index in [0.29, 0.717) is 12.5 Å². The van der Waals surface area contributed by atoms with Crippen LogP contribution in [-0.4, -0.2) is 24.9 Å². The van der Waals surface area contributed by atoms with Crippen LogP contribution in [0.25, 0.3) is 0 Å². The van der Waals surface area contributed by atoms with Crippen molar-refractivity contribution in [3.05, 3.63) is 0 Å². The first kappa shape index (κ1) is 12.4. The van der Waals surface area contributed by atoms with Crippen molar-refractivity contribution in [3.8, 4) is 6.07 Å². The minimum absolute atomic E-state index is 0.142. The van der Waals surface area contributed by atoms with Gasteiger partial charge in [0.05, 0.1) is 6.07 Å². The Morgan fingerprint density at radius 1 is 1.29 bits per heavy atom. The summed E-state index contributed by atoms with van der Waals surface area (Å²) < 4.78 is 0. The summed E-state index contributed by atoms with van der Waals surface area (Å²) in [6.07, 6.45) is 0.831. The third-order valence-corrected chi connectivity index (χ3v) is 1.54. The highest BCUT2D eigenvalue weighted by atomic mass is 16.2. The minimum atomic E-state index is -0.754. The molecule has 0 aliphatic rings. The Hall–Kier alpha value is -1.57. The van der Waals surface area contributed by atoms with E-state index in [1.807, 2.05) is 13.8 Å². The van der Waals surface area contributed by atoms with E-state index in [1.165, 1.54) is 0 Å². The van der Waals surface area contributed by atoms with Crippen LogP contribution in [0.15, 0.2) is 0 Å². The van der Waals surface area contributed by atoms with E-state index >= 15 is 0 Å². The van der Waals surface area contributed by atoms with Crippen LogP contribution in [0.2, 0.25) is 0 Å². The topological polar surface area (TPSA) is 82.0 Å². The van der Waals surface area contributed by atoms with Crippen molar-refractivity contribution in [2.75, 3.05) is 13.1 Å². The number of rotatable bonds is 4. The summed E-state index contributed by atoms with van der Waals surface area (Å²) in [5.41, 5.74) is 0. The summed E-state index contributed by atoms with van der Waals surface area (Å²) in [6, 6.07) is 1.72. The maximum atomic E-state index is 11.0. The maximum Gasteiger partial charge on any atom is 0.310 e. The van der Waals surface area contributed by atoms with Crippen LogP contribution in [0, 0.1) is 17.2 Å². The Bertz CT molecular complexity index is 243. The lowest BCUT2D eigenvalue weighted by Gasteiger charge is -2.06. The second-order valence-electron chi connectivity index (χ2n) is 3.28. The number of nitrogens with zero attached hydrogens (tertiary/aromatic N) is 1. The van der Waals surface area contributed by atoms with Gasteiger partial charge >= 0.3 is 11.8 Å². The quantitative estimate of drug-likeness (QED) is 0.483. The normalized spacial score (nSPS) is 9.29. The second kappa shape index (κ2) is 6.89. The molecule has 2 N–H and O–H groups in total. The number of carbonyl (C=O) groups is 2. The van der Waals surface area contributed by atoms with E-state index in [0.717, 1.165) is 6.42 Å². The van der Waals surface area contributed by atoms with Gasteiger partial charge in [-0.1, -0.05) is 13.8 Å². The summed E-state index contributed by atoms with van der Waals surface area (Å²) in [5.74, 6) is -0.950. The van der Waals surface area contributed by atoms with Gasteiger partial charge in [-0.2, -0.15) is 5.26 Å². The van der Waals surface area contributed by atoms with Gasteiger partial charge < -0.3 is 10.6 Å². The van der Waals surface area contributed by atoms with Crippen LogP contribution in [0.4, 0.5) is 0 Å². The van der Waals surface area contributed by atoms with Crippen molar-refractivity contribution < 1.29 is 9.59 Å². The molecule has 5 nitrogen and oxygen atoms in total. The first-order valence-corrected chi connectivity index (χ1v) is 4.51. The smallest absolute Gasteiger partial charge is 0.310 e. The Balaban J connectivity index is 3.64. The molecule has 0 unspecified atom stereocenters. The zero-order valence-corrected chi connectivity index (χ0v) is 8.46. The zero-order chi connectivity index (χ0) is 11.0. The third-order valence-electron chi connectivity index (χ3n) is 1.54. The van der Waals surface area contributed by atoms with Gasteiger partial charge in [0.1, 0.15) is 6.54 Å². The number of amides is 2. The number of nitrogens with one attached hydrogen (secondary N) is 2. The fourth-order valence-electron chi connectivity index (χ4n) is 0.755. The molecule has 0 aromatic rings. The summed E-state index contributed by atoms with van der Waals surface area (Å²) in [7, 11) is 0. The van der Waals surface area contributed by atoms with E-state index in [4.69, 9.17) is 5.26 Å². The lowest BCUT2D eigenvalue weighted by atomic mass is 10.1. The molecule has 0 atom stereocenters.